The van der Waals surface area contributed by atoms with Gasteiger partial charge in [0.25, 0.3) is 0 Å². The van der Waals surface area contributed by atoms with Crippen LogP contribution in [0.5, 0.6) is 0 Å². The minimum Gasteiger partial charge on any atom is -0.388 e. The fourth-order valence-corrected chi connectivity index (χ4v) is 2.31. The zero-order chi connectivity index (χ0) is 14.7. The second kappa shape index (κ2) is 6.18. The van der Waals surface area contributed by atoms with Crippen molar-refractivity contribution in [2.75, 3.05) is 11.9 Å². The average Bonchev–Trinajstić information content (AvgIpc) is 2.72. The highest BCUT2D eigenvalue weighted by molar-refractivity contribution is 7.09. The number of aliphatic hydroxyl groups is 1. The van der Waals surface area contributed by atoms with E-state index in [1.807, 2.05) is 6.92 Å². The number of hydrogen-bond donors (Lipinski definition) is 2. The molecule has 19 heavy (non-hydrogen) atoms. The van der Waals surface area contributed by atoms with Crippen LogP contribution in [0.15, 0.2) is 0 Å². The molecule has 0 saturated heterocycles. The Bertz CT molecular complexity index is 394. The second-order valence-corrected chi connectivity index (χ2v) is 7.71. The van der Waals surface area contributed by atoms with Crippen LogP contribution < -0.4 is 5.32 Å². The molecule has 0 amide bonds. The first kappa shape index (κ1) is 16.4. The van der Waals surface area contributed by atoms with Crippen molar-refractivity contribution in [3.8, 4) is 0 Å². The van der Waals surface area contributed by atoms with Crippen molar-refractivity contribution < 1.29 is 5.11 Å². The SMILES string of the molecule is CC(C)CCC(C)(O)CNc1nc(C(C)(C)C)ns1. The summed E-state index contributed by atoms with van der Waals surface area (Å²) in [6, 6.07) is 0. The average molecular weight is 285 g/mol. The summed E-state index contributed by atoms with van der Waals surface area (Å²) < 4.78 is 4.35. The van der Waals surface area contributed by atoms with Crippen molar-refractivity contribution in [3.05, 3.63) is 5.82 Å². The number of nitrogens with one attached hydrogen (secondary N) is 1. The molecular formula is C14H27N3OS. The summed E-state index contributed by atoms with van der Waals surface area (Å²) in [6.45, 7) is 13.0. The molecule has 0 bridgehead atoms. The van der Waals surface area contributed by atoms with Gasteiger partial charge < -0.3 is 10.4 Å². The van der Waals surface area contributed by atoms with E-state index in [-0.39, 0.29) is 5.41 Å². The number of aromatic nitrogens is 2. The normalized spacial score (nSPS) is 15.6. The van der Waals surface area contributed by atoms with Gasteiger partial charge in [-0.15, -0.1) is 0 Å². The molecule has 0 radical (unpaired) electrons. The molecule has 0 aliphatic heterocycles. The molecule has 1 rings (SSSR count). The van der Waals surface area contributed by atoms with Crippen molar-refractivity contribution in [2.24, 2.45) is 5.92 Å². The molecule has 1 unspecified atom stereocenters. The standard InChI is InChI=1S/C14H27N3OS/c1-10(2)7-8-14(6,18)9-15-12-16-11(17-19-12)13(3,4)5/h10,18H,7-9H2,1-6H3,(H,15,16,17). The van der Waals surface area contributed by atoms with Gasteiger partial charge in [0.15, 0.2) is 0 Å². The number of rotatable bonds is 6. The Labute approximate surface area is 120 Å². The maximum atomic E-state index is 10.3. The third kappa shape index (κ3) is 5.87. The van der Waals surface area contributed by atoms with Crippen LogP contribution in [0.25, 0.3) is 0 Å². The Morgan fingerprint density at radius 1 is 1.26 bits per heavy atom. The van der Waals surface area contributed by atoms with Crippen LogP contribution in [0.4, 0.5) is 5.13 Å². The molecular weight excluding hydrogens is 258 g/mol. The number of hydrogen-bond acceptors (Lipinski definition) is 5. The molecule has 0 saturated carbocycles. The highest BCUT2D eigenvalue weighted by atomic mass is 32.1. The summed E-state index contributed by atoms with van der Waals surface area (Å²) in [5.74, 6) is 1.46. The largest absolute Gasteiger partial charge is 0.388 e. The quantitative estimate of drug-likeness (QED) is 0.840. The van der Waals surface area contributed by atoms with E-state index in [4.69, 9.17) is 0 Å². The lowest BCUT2D eigenvalue weighted by Gasteiger charge is -2.24. The Hall–Kier alpha value is -0.680. The molecule has 1 atom stereocenters. The van der Waals surface area contributed by atoms with Crippen LogP contribution in [0, 0.1) is 5.92 Å². The zero-order valence-corrected chi connectivity index (χ0v) is 13.8. The van der Waals surface area contributed by atoms with Gasteiger partial charge in [0.1, 0.15) is 5.82 Å². The monoisotopic (exact) mass is 285 g/mol. The van der Waals surface area contributed by atoms with E-state index < -0.39 is 5.60 Å². The van der Waals surface area contributed by atoms with E-state index in [9.17, 15) is 5.11 Å². The van der Waals surface area contributed by atoms with Crippen molar-refractivity contribution in [1.29, 1.82) is 0 Å². The molecule has 0 aliphatic rings. The maximum Gasteiger partial charge on any atom is 0.202 e. The molecule has 1 aromatic rings. The molecule has 5 heteroatoms. The molecule has 0 spiro atoms. The van der Waals surface area contributed by atoms with E-state index in [2.05, 4.69) is 49.3 Å². The molecule has 2 N–H and O–H groups in total. The van der Waals surface area contributed by atoms with Crippen molar-refractivity contribution in [1.82, 2.24) is 9.36 Å². The molecule has 0 aromatic carbocycles. The smallest absolute Gasteiger partial charge is 0.202 e. The van der Waals surface area contributed by atoms with E-state index in [0.717, 1.165) is 23.8 Å². The Morgan fingerprint density at radius 3 is 2.37 bits per heavy atom. The minimum absolute atomic E-state index is 0.0312. The van der Waals surface area contributed by atoms with Gasteiger partial charge in [-0.25, -0.2) is 4.98 Å². The van der Waals surface area contributed by atoms with E-state index in [1.54, 1.807) is 0 Å². The predicted octanol–water partition coefficient (Wildman–Crippen LogP) is 3.43. The molecule has 1 aromatic heterocycles. The van der Waals surface area contributed by atoms with Crippen LogP contribution in [0.2, 0.25) is 0 Å². The van der Waals surface area contributed by atoms with E-state index >= 15 is 0 Å². The number of nitrogens with zero attached hydrogens (tertiary/aromatic N) is 2. The Morgan fingerprint density at radius 2 is 1.89 bits per heavy atom. The van der Waals surface area contributed by atoms with Gasteiger partial charge >= 0.3 is 0 Å². The highest BCUT2D eigenvalue weighted by Gasteiger charge is 2.23. The maximum absolute atomic E-state index is 10.3. The summed E-state index contributed by atoms with van der Waals surface area (Å²) in [6.07, 6.45) is 1.82. The summed E-state index contributed by atoms with van der Waals surface area (Å²) in [7, 11) is 0. The lowest BCUT2D eigenvalue weighted by molar-refractivity contribution is 0.0586. The van der Waals surface area contributed by atoms with Gasteiger partial charge in [0.05, 0.1) is 5.60 Å². The Balaban J connectivity index is 2.50. The van der Waals surface area contributed by atoms with Gasteiger partial charge in [-0.05, 0) is 25.7 Å². The summed E-state index contributed by atoms with van der Waals surface area (Å²) in [4.78, 5) is 4.47. The first-order chi connectivity index (χ1) is 8.60. The first-order valence-corrected chi connectivity index (χ1v) is 7.68. The fourth-order valence-electron chi connectivity index (χ4n) is 1.55. The van der Waals surface area contributed by atoms with Crippen LogP contribution in [0.1, 0.15) is 60.2 Å². The third-order valence-electron chi connectivity index (χ3n) is 2.98. The van der Waals surface area contributed by atoms with Gasteiger partial charge in [-0.3, -0.25) is 0 Å². The third-order valence-corrected chi connectivity index (χ3v) is 3.65. The summed E-state index contributed by atoms with van der Waals surface area (Å²) in [5.41, 5.74) is -0.728. The lowest BCUT2D eigenvalue weighted by Crippen LogP contribution is -2.33. The van der Waals surface area contributed by atoms with Gasteiger partial charge in [0.2, 0.25) is 5.13 Å². The van der Waals surface area contributed by atoms with Gasteiger partial charge in [-0.2, -0.15) is 4.37 Å². The second-order valence-electron chi connectivity index (χ2n) is 6.96. The van der Waals surface area contributed by atoms with Crippen LogP contribution >= 0.6 is 11.5 Å². The fraction of sp³-hybridized carbons (Fsp3) is 0.857. The minimum atomic E-state index is -0.697. The van der Waals surface area contributed by atoms with Crippen molar-refractivity contribution in [2.45, 2.75) is 65.4 Å². The molecule has 0 fully saturated rings. The van der Waals surface area contributed by atoms with Crippen LogP contribution in [0.3, 0.4) is 0 Å². The van der Waals surface area contributed by atoms with Crippen molar-refractivity contribution in [3.63, 3.8) is 0 Å². The topological polar surface area (TPSA) is 58.0 Å². The molecule has 1 heterocycles. The van der Waals surface area contributed by atoms with E-state index in [0.29, 0.717) is 12.5 Å². The predicted molar refractivity (Wildman–Crippen MR) is 81.8 cm³/mol. The first-order valence-electron chi connectivity index (χ1n) is 6.90. The molecule has 4 nitrogen and oxygen atoms in total. The molecule has 0 aliphatic carbocycles. The van der Waals surface area contributed by atoms with Gasteiger partial charge in [0, 0.05) is 23.5 Å². The summed E-state index contributed by atoms with van der Waals surface area (Å²) in [5, 5.41) is 14.3. The van der Waals surface area contributed by atoms with E-state index in [1.165, 1.54) is 11.5 Å². The van der Waals surface area contributed by atoms with Crippen LogP contribution in [-0.2, 0) is 5.41 Å². The van der Waals surface area contributed by atoms with Crippen LogP contribution in [-0.4, -0.2) is 26.6 Å². The van der Waals surface area contributed by atoms with Crippen molar-refractivity contribution >= 4 is 16.7 Å². The summed E-state index contributed by atoms with van der Waals surface area (Å²) >= 11 is 1.36. The highest BCUT2D eigenvalue weighted by Crippen LogP contribution is 2.24. The zero-order valence-electron chi connectivity index (χ0n) is 12.9. The lowest BCUT2D eigenvalue weighted by atomic mass is 9.95. The number of anilines is 1. The Kier molecular flexibility index (Phi) is 5.33. The molecule has 110 valence electrons. The van der Waals surface area contributed by atoms with Gasteiger partial charge in [-0.1, -0.05) is 34.6 Å².